The van der Waals surface area contributed by atoms with Crippen LogP contribution in [0.3, 0.4) is 0 Å². The van der Waals surface area contributed by atoms with Gasteiger partial charge in [-0.2, -0.15) is 0 Å². The van der Waals surface area contributed by atoms with Gasteiger partial charge in [0.2, 0.25) is 0 Å². The largest absolute Gasteiger partial charge is 0.294 e. The molecule has 0 radical (unpaired) electrons. The number of allylic oxidation sites excluding steroid dienone is 4. The van der Waals surface area contributed by atoms with Gasteiger partial charge in [-0.05, 0) is 41.4 Å². The second kappa shape index (κ2) is 3.19. The standard InChI is InChI=1S/C16H14O/c17-15-7-3-6-13-12-5-2-1-4-10(12)8-11-9-14(11)16(13)15/h1-6,11,14H,7-9H2. The van der Waals surface area contributed by atoms with Crippen LogP contribution >= 0.6 is 0 Å². The smallest absolute Gasteiger partial charge is 0.163 e. The monoisotopic (exact) mass is 222 g/mol. The van der Waals surface area contributed by atoms with Crippen LogP contribution in [-0.4, -0.2) is 5.78 Å². The van der Waals surface area contributed by atoms with Crippen molar-refractivity contribution in [3.05, 3.63) is 53.1 Å². The molecular weight excluding hydrogens is 208 g/mol. The first-order valence-corrected chi connectivity index (χ1v) is 6.37. The fourth-order valence-electron chi connectivity index (χ4n) is 3.35. The molecule has 0 amide bonds. The Bertz CT molecular complexity index is 577. The van der Waals surface area contributed by atoms with Gasteiger partial charge in [0, 0.05) is 12.0 Å². The number of hydrogen-bond donors (Lipinski definition) is 0. The van der Waals surface area contributed by atoms with Crippen molar-refractivity contribution in [3.63, 3.8) is 0 Å². The van der Waals surface area contributed by atoms with Crippen molar-refractivity contribution in [1.29, 1.82) is 0 Å². The number of carbonyl (C=O) groups is 1. The molecule has 17 heavy (non-hydrogen) atoms. The number of rotatable bonds is 0. The highest BCUT2D eigenvalue weighted by atomic mass is 16.1. The lowest BCUT2D eigenvalue weighted by atomic mass is 9.88. The maximum absolute atomic E-state index is 12.1. The fraction of sp³-hybridized carbons (Fsp3) is 0.312. The van der Waals surface area contributed by atoms with Crippen LogP contribution in [0, 0.1) is 11.8 Å². The summed E-state index contributed by atoms with van der Waals surface area (Å²) in [6, 6.07) is 8.56. The first-order chi connectivity index (χ1) is 8.34. The van der Waals surface area contributed by atoms with E-state index in [4.69, 9.17) is 0 Å². The Hall–Kier alpha value is -1.63. The first-order valence-electron chi connectivity index (χ1n) is 6.37. The number of carbonyl (C=O) groups excluding carboxylic acids is 1. The topological polar surface area (TPSA) is 17.1 Å². The zero-order valence-corrected chi connectivity index (χ0v) is 9.65. The van der Waals surface area contributed by atoms with Gasteiger partial charge in [0.05, 0.1) is 0 Å². The van der Waals surface area contributed by atoms with Crippen molar-refractivity contribution in [1.82, 2.24) is 0 Å². The fourth-order valence-corrected chi connectivity index (χ4v) is 3.35. The van der Waals surface area contributed by atoms with Gasteiger partial charge >= 0.3 is 0 Å². The van der Waals surface area contributed by atoms with Crippen LogP contribution in [0.5, 0.6) is 0 Å². The first kappa shape index (κ1) is 9.41. The van der Waals surface area contributed by atoms with Crippen molar-refractivity contribution in [2.45, 2.75) is 19.3 Å². The van der Waals surface area contributed by atoms with Gasteiger partial charge in [0.25, 0.3) is 0 Å². The zero-order valence-electron chi connectivity index (χ0n) is 9.65. The Morgan fingerprint density at radius 1 is 1.18 bits per heavy atom. The summed E-state index contributed by atoms with van der Waals surface area (Å²) in [5.41, 5.74) is 5.05. The second-order valence-corrected chi connectivity index (χ2v) is 5.32. The third kappa shape index (κ3) is 1.28. The van der Waals surface area contributed by atoms with Crippen molar-refractivity contribution in [2.24, 2.45) is 11.8 Å². The lowest BCUT2D eigenvalue weighted by Crippen LogP contribution is -2.09. The molecule has 0 spiro atoms. The van der Waals surface area contributed by atoms with E-state index in [-0.39, 0.29) is 0 Å². The molecule has 3 aliphatic carbocycles. The number of fused-ring (bicyclic) bond motifs is 4. The maximum Gasteiger partial charge on any atom is 0.163 e. The number of hydrogen-bond acceptors (Lipinski definition) is 1. The summed E-state index contributed by atoms with van der Waals surface area (Å²) in [6.45, 7) is 0. The van der Waals surface area contributed by atoms with Gasteiger partial charge in [-0.25, -0.2) is 0 Å². The zero-order chi connectivity index (χ0) is 11.4. The third-order valence-corrected chi connectivity index (χ3v) is 4.26. The van der Waals surface area contributed by atoms with Gasteiger partial charge in [-0.1, -0.05) is 36.4 Å². The van der Waals surface area contributed by atoms with Crippen molar-refractivity contribution in [3.8, 4) is 0 Å². The third-order valence-electron chi connectivity index (χ3n) is 4.26. The van der Waals surface area contributed by atoms with Gasteiger partial charge in [0.15, 0.2) is 5.78 Å². The Morgan fingerprint density at radius 2 is 2.06 bits per heavy atom. The van der Waals surface area contributed by atoms with Gasteiger partial charge in [-0.3, -0.25) is 4.79 Å². The van der Waals surface area contributed by atoms with Crippen LogP contribution in [0.25, 0.3) is 5.57 Å². The highest BCUT2D eigenvalue weighted by Gasteiger charge is 2.45. The van der Waals surface area contributed by atoms with Crippen LogP contribution < -0.4 is 0 Å². The second-order valence-electron chi connectivity index (χ2n) is 5.32. The highest BCUT2D eigenvalue weighted by Crippen LogP contribution is 2.52. The van der Waals surface area contributed by atoms with E-state index in [9.17, 15) is 4.79 Å². The summed E-state index contributed by atoms with van der Waals surface area (Å²) in [5.74, 6) is 1.63. The minimum absolute atomic E-state index is 0.353. The van der Waals surface area contributed by atoms with E-state index in [1.807, 2.05) is 6.08 Å². The predicted octanol–water partition coefficient (Wildman–Crippen LogP) is 3.16. The Balaban J connectivity index is 2.00. The lowest BCUT2D eigenvalue weighted by molar-refractivity contribution is -0.115. The molecule has 1 fully saturated rings. The van der Waals surface area contributed by atoms with Crippen molar-refractivity contribution in [2.75, 3.05) is 0 Å². The molecule has 4 rings (SSSR count). The normalized spacial score (nSPS) is 29.3. The molecule has 3 aliphatic rings. The Morgan fingerprint density at radius 3 is 3.00 bits per heavy atom. The summed E-state index contributed by atoms with van der Waals surface area (Å²) < 4.78 is 0. The van der Waals surface area contributed by atoms with E-state index >= 15 is 0 Å². The van der Waals surface area contributed by atoms with E-state index in [0.717, 1.165) is 17.9 Å². The predicted molar refractivity (Wildman–Crippen MR) is 67.4 cm³/mol. The average molecular weight is 222 g/mol. The van der Waals surface area contributed by atoms with Gasteiger partial charge < -0.3 is 0 Å². The number of ketones is 1. The molecule has 0 bridgehead atoms. The molecule has 0 N–H and O–H groups in total. The van der Waals surface area contributed by atoms with Crippen LogP contribution in [-0.2, 0) is 11.2 Å². The van der Waals surface area contributed by atoms with Crippen LogP contribution in [0.4, 0.5) is 0 Å². The molecule has 84 valence electrons. The molecule has 0 aliphatic heterocycles. The molecule has 2 unspecified atom stereocenters. The van der Waals surface area contributed by atoms with Crippen LogP contribution in [0.15, 0.2) is 42.0 Å². The van der Waals surface area contributed by atoms with Crippen molar-refractivity contribution >= 4 is 11.4 Å². The summed E-state index contributed by atoms with van der Waals surface area (Å²) in [4.78, 5) is 12.1. The number of benzene rings is 1. The molecule has 1 nitrogen and oxygen atoms in total. The summed E-state index contributed by atoms with van der Waals surface area (Å²) in [5, 5.41) is 0. The van der Waals surface area contributed by atoms with E-state index in [1.54, 1.807) is 0 Å². The van der Waals surface area contributed by atoms with E-state index in [1.165, 1.54) is 23.1 Å². The minimum atomic E-state index is 0.353. The van der Waals surface area contributed by atoms with Crippen LogP contribution in [0.1, 0.15) is 24.0 Å². The molecule has 0 heterocycles. The minimum Gasteiger partial charge on any atom is -0.294 e. The quantitative estimate of drug-likeness (QED) is 0.659. The number of Topliss-reactive ketones (excluding diaryl/α,β-unsaturated/α-hetero) is 1. The Kier molecular flexibility index (Phi) is 1.77. The van der Waals surface area contributed by atoms with Crippen LogP contribution in [0.2, 0.25) is 0 Å². The molecule has 0 saturated heterocycles. The highest BCUT2D eigenvalue weighted by molar-refractivity contribution is 6.08. The Labute approximate surface area is 101 Å². The summed E-state index contributed by atoms with van der Waals surface area (Å²) in [6.07, 6.45) is 7.14. The molecule has 0 aromatic heterocycles. The molecule has 2 atom stereocenters. The molecular formula is C16H14O. The van der Waals surface area contributed by atoms with E-state index < -0.39 is 0 Å². The van der Waals surface area contributed by atoms with Crippen molar-refractivity contribution < 1.29 is 4.79 Å². The SMILES string of the molecule is O=C1CC=CC2=C1C1CC1Cc1ccccc12. The van der Waals surface area contributed by atoms with E-state index in [2.05, 4.69) is 30.3 Å². The average Bonchev–Trinajstić information content (AvgIpc) is 3.08. The van der Waals surface area contributed by atoms with E-state index in [0.29, 0.717) is 18.1 Å². The lowest BCUT2D eigenvalue weighted by Gasteiger charge is -2.15. The van der Waals surface area contributed by atoms with Gasteiger partial charge in [0.1, 0.15) is 0 Å². The summed E-state index contributed by atoms with van der Waals surface area (Å²) in [7, 11) is 0. The molecule has 1 aromatic carbocycles. The summed E-state index contributed by atoms with van der Waals surface area (Å²) >= 11 is 0. The maximum atomic E-state index is 12.1. The molecule has 1 heteroatoms. The molecule has 1 saturated carbocycles. The molecule has 1 aromatic rings. The van der Waals surface area contributed by atoms with Gasteiger partial charge in [-0.15, -0.1) is 0 Å².